The van der Waals surface area contributed by atoms with Gasteiger partial charge < -0.3 is 15.4 Å². The van der Waals surface area contributed by atoms with Gasteiger partial charge in [-0.15, -0.1) is 0 Å². The number of halogens is 2. The van der Waals surface area contributed by atoms with E-state index in [4.69, 9.17) is 5.26 Å². The highest BCUT2D eigenvalue weighted by molar-refractivity contribution is 5.94. The molecule has 0 saturated heterocycles. The van der Waals surface area contributed by atoms with Crippen molar-refractivity contribution in [3.63, 3.8) is 0 Å². The quantitative estimate of drug-likeness (QED) is 0.813. The standard InChI is InChI=1S/C17H13F2N3O3/c1-25-17(24)12-6-15(14(19)7-13(12)18)21-9-16(23)22-11-4-2-3-10(5-11)8-20/h2-7,21H,9H2,1H3,(H,22,23). The molecular formula is C17H13F2N3O3. The Morgan fingerprint density at radius 3 is 2.64 bits per heavy atom. The van der Waals surface area contributed by atoms with Gasteiger partial charge >= 0.3 is 5.97 Å². The van der Waals surface area contributed by atoms with E-state index in [1.807, 2.05) is 6.07 Å². The Morgan fingerprint density at radius 1 is 1.20 bits per heavy atom. The minimum absolute atomic E-state index is 0.220. The second-order valence-electron chi connectivity index (χ2n) is 4.90. The predicted molar refractivity (Wildman–Crippen MR) is 86.0 cm³/mol. The maximum Gasteiger partial charge on any atom is 0.340 e. The van der Waals surface area contributed by atoms with Crippen LogP contribution in [0.3, 0.4) is 0 Å². The molecule has 2 N–H and O–H groups in total. The topological polar surface area (TPSA) is 91.2 Å². The predicted octanol–water partition coefficient (Wildman–Crippen LogP) is 2.67. The number of benzene rings is 2. The molecule has 1 amide bonds. The first-order valence-electron chi connectivity index (χ1n) is 7.06. The fourth-order valence-electron chi connectivity index (χ4n) is 2.00. The zero-order valence-electron chi connectivity index (χ0n) is 13.1. The summed E-state index contributed by atoms with van der Waals surface area (Å²) in [4.78, 5) is 23.3. The molecule has 0 bridgehead atoms. The van der Waals surface area contributed by atoms with Crippen molar-refractivity contribution in [1.82, 2.24) is 0 Å². The Bertz CT molecular complexity index is 863. The lowest BCUT2D eigenvalue weighted by atomic mass is 10.1. The Labute approximate surface area is 142 Å². The molecule has 25 heavy (non-hydrogen) atoms. The summed E-state index contributed by atoms with van der Waals surface area (Å²) < 4.78 is 31.7. The van der Waals surface area contributed by atoms with Crippen LogP contribution in [0.5, 0.6) is 0 Å². The number of methoxy groups -OCH3 is 1. The number of rotatable bonds is 5. The first kappa shape index (κ1) is 17.9. The first-order chi connectivity index (χ1) is 11.9. The summed E-state index contributed by atoms with van der Waals surface area (Å²) in [5, 5.41) is 13.8. The number of nitriles is 1. The number of nitrogens with zero attached hydrogens (tertiary/aromatic N) is 1. The van der Waals surface area contributed by atoms with Crippen molar-refractivity contribution >= 4 is 23.3 Å². The van der Waals surface area contributed by atoms with Gasteiger partial charge in [0.1, 0.15) is 11.6 Å². The molecule has 8 heteroatoms. The average Bonchev–Trinajstić information content (AvgIpc) is 2.60. The SMILES string of the molecule is COC(=O)c1cc(NCC(=O)Nc2cccc(C#N)c2)c(F)cc1F. The molecule has 0 saturated carbocycles. The largest absolute Gasteiger partial charge is 0.465 e. The lowest BCUT2D eigenvalue weighted by Crippen LogP contribution is -2.22. The number of amides is 1. The monoisotopic (exact) mass is 345 g/mol. The van der Waals surface area contributed by atoms with Crippen LogP contribution < -0.4 is 10.6 Å². The van der Waals surface area contributed by atoms with E-state index in [0.29, 0.717) is 17.3 Å². The van der Waals surface area contributed by atoms with E-state index < -0.39 is 29.1 Å². The maximum absolute atomic E-state index is 13.8. The van der Waals surface area contributed by atoms with Crippen LogP contribution >= 0.6 is 0 Å². The minimum Gasteiger partial charge on any atom is -0.465 e. The van der Waals surface area contributed by atoms with Crippen molar-refractivity contribution in [3.8, 4) is 6.07 Å². The molecule has 0 aliphatic heterocycles. The third-order valence-corrected chi connectivity index (χ3v) is 3.18. The molecule has 0 fully saturated rings. The summed E-state index contributed by atoms with van der Waals surface area (Å²) in [6.07, 6.45) is 0. The molecule has 0 spiro atoms. The van der Waals surface area contributed by atoms with Crippen LogP contribution in [-0.4, -0.2) is 25.5 Å². The molecule has 0 aromatic heterocycles. The number of esters is 1. The van der Waals surface area contributed by atoms with Gasteiger partial charge in [0, 0.05) is 11.8 Å². The van der Waals surface area contributed by atoms with Gasteiger partial charge in [0.05, 0.1) is 36.5 Å². The van der Waals surface area contributed by atoms with E-state index in [2.05, 4.69) is 15.4 Å². The maximum atomic E-state index is 13.8. The molecule has 2 aromatic carbocycles. The highest BCUT2D eigenvalue weighted by Gasteiger charge is 2.17. The Hall–Kier alpha value is -3.47. The van der Waals surface area contributed by atoms with Gasteiger partial charge in [0.25, 0.3) is 0 Å². The number of carbonyl (C=O) groups excluding carboxylic acids is 2. The number of nitrogens with one attached hydrogen (secondary N) is 2. The van der Waals surface area contributed by atoms with Crippen LogP contribution in [0.25, 0.3) is 0 Å². The summed E-state index contributed by atoms with van der Waals surface area (Å²) in [6, 6.07) is 9.65. The Kier molecular flexibility index (Phi) is 5.63. The second kappa shape index (κ2) is 7.88. The average molecular weight is 345 g/mol. The van der Waals surface area contributed by atoms with Crippen LogP contribution in [0.2, 0.25) is 0 Å². The lowest BCUT2D eigenvalue weighted by Gasteiger charge is -2.10. The number of hydrogen-bond donors (Lipinski definition) is 2. The van der Waals surface area contributed by atoms with Crippen LogP contribution in [0, 0.1) is 23.0 Å². The van der Waals surface area contributed by atoms with E-state index in [9.17, 15) is 18.4 Å². The molecule has 0 unspecified atom stereocenters. The van der Waals surface area contributed by atoms with Crippen molar-refractivity contribution in [2.75, 3.05) is 24.3 Å². The summed E-state index contributed by atoms with van der Waals surface area (Å²) >= 11 is 0. The number of hydrogen-bond acceptors (Lipinski definition) is 5. The summed E-state index contributed by atoms with van der Waals surface area (Å²) in [5.41, 5.74) is 0.106. The first-order valence-corrected chi connectivity index (χ1v) is 7.06. The van der Waals surface area contributed by atoms with Crippen molar-refractivity contribution in [1.29, 1.82) is 5.26 Å². The summed E-state index contributed by atoms with van der Waals surface area (Å²) in [7, 11) is 1.07. The molecule has 0 atom stereocenters. The van der Waals surface area contributed by atoms with Gasteiger partial charge in [-0.1, -0.05) is 6.07 Å². The molecule has 128 valence electrons. The number of carbonyl (C=O) groups is 2. The van der Waals surface area contributed by atoms with Gasteiger partial charge in [-0.2, -0.15) is 5.26 Å². The van der Waals surface area contributed by atoms with Gasteiger partial charge in [-0.05, 0) is 24.3 Å². The molecule has 2 rings (SSSR count). The fourth-order valence-corrected chi connectivity index (χ4v) is 2.00. The Morgan fingerprint density at radius 2 is 1.96 bits per heavy atom. The normalized spacial score (nSPS) is 9.84. The van der Waals surface area contributed by atoms with Crippen LogP contribution in [0.15, 0.2) is 36.4 Å². The van der Waals surface area contributed by atoms with Crippen LogP contribution in [0.1, 0.15) is 15.9 Å². The molecular weight excluding hydrogens is 332 g/mol. The van der Waals surface area contributed by atoms with Gasteiger partial charge in [0.2, 0.25) is 5.91 Å². The van der Waals surface area contributed by atoms with Gasteiger partial charge in [0.15, 0.2) is 0 Å². The van der Waals surface area contributed by atoms with Crippen LogP contribution in [0.4, 0.5) is 20.2 Å². The van der Waals surface area contributed by atoms with E-state index in [1.165, 1.54) is 6.07 Å². The highest BCUT2D eigenvalue weighted by atomic mass is 19.1. The minimum atomic E-state index is -1.06. The number of ether oxygens (including phenoxy) is 1. The van der Waals surface area contributed by atoms with Crippen molar-refractivity contribution in [2.24, 2.45) is 0 Å². The Balaban J connectivity index is 2.06. The van der Waals surface area contributed by atoms with E-state index in [-0.39, 0.29) is 12.2 Å². The third-order valence-electron chi connectivity index (χ3n) is 3.18. The zero-order chi connectivity index (χ0) is 18.4. The fraction of sp³-hybridized carbons (Fsp3) is 0.118. The number of anilines is 2. The van der Waals surface area contributed by atoms with E-state index in [1.54, 1.807) is 18.2 Å². The molecule has 0 aliphatic carbocycles. The van der Waals surface area contributed by atoms with Crippen molar-refractivity contribution < 1.29 is 23.1 Å². The van der Waals surface area contributed by atoms with Gasteiger partial charge in [-0.3, -0.25) is 4.79 Å². The van der Waals surface area contributed by atoms with Crippen molar-refractivity contribution in [2.45, 2.75) is 0 Å². The second-order valence-corrected chi connectivity index (χ2v) is 4.90. The van der Waals surface area contributed by atoms with E-state index >= 15 is 0 Å². The molecule has 0 heterocycles. The van der Waals surface area contributed by atoms with E-state index in [0.717, 1.165) is 13.2 Å². The highest BCUT2D eigenvalue weighted by Crippen LogP contribution is 2.20. The lowest BCUT2D eigenvalue weighted by molar-refractivity contribution is -0.114. The molecule has 2 aromatic rings. The molecule has 6 nitrogen and oxygen atoms in total. The van der Waals surface area contributed by atoms with Crippen LogP contribution in [-0.2, 0) is 9.53 Å². The van der Waals surface area contributed by atoms with Gasteiger partial charge in [-0.25, -0.2) is 13.6 Å². The molecule has 0 aliphatic rings. The zero-order valence-corrected chi connectivity index (χ0v) is 13.1. The molecule has 0 radical (unpaired) electrons. The smallest absolute Gasteiger partial charge is 0.340 e. The van der Waals surface area contributed by atoms with Crippen molar-refractivity contribution in [3.05, 3.63) is 59.2 Å². The third kappa shape index (κ3) is 4.51. The summed E-state index contributed by atoms with van der Waals surface area (Å²) in [6.45, 7) is -0.333. The summed E-state index contributed by atoms with van der Waals surface area (Å²) in [5.74, 6) is -3.49.